The number of carbonyl (C=O) groups is 1. The number of para-hydroxylation sites is 1. The number of rotatable bonds is 12. The Bertz CT molecular complexity index is 1180. The molecule has 2 heterocycles. The first-order valence-electron chi connectivity index (χ1n) is 12.4. The van der Waals surface area contributed by atoms with Gasteiger partial charge in [0.25, 0.3) is 0 Å². The summed E-state index contributed by atoms with van der Waals surface area (Å²) in [6, 6.07) is 15.4. The molecule has 1 N–H and O–H groups in total. The number of hydrogen-bond acceptors (Lipinski definition) is 6. The smallest absolute Gasteiger partial charge is 0.237 e. The Morgan fingerprint density at radius 3 is 2.78 bits per heavy atom. The lowest BCUT2D eigenvalue weighted by Gasteiger charge is -2.37. The van der Waals surface area contributed by atoms with E-state index in [1.54, 1.807) is 29.5 Å². The maximum Gasteiger partial charge on any atom is 0.237 e. The van der Waals surface area contributed by atoms with Crippen LogP contribution in [-0.2, 0) is 11.2 Å². The molecule has 0 fully saturated rings. The minimum absolute atomic E-state index is 0.0431. The van der Waals surface area contributed by atoms with Crippen LogP contribution in [-0.4, -0.2) is 66.3 Å². The number of benzene rings is 2. The van der Waals surface area contributed by atoms with E-state index >= 15 is 0 Å². The molecular formula is C29H33FN2O4S. The van der Waals surface area contributed by atoms with E-state index in [9.17, 15) is 14.3 Å². The van der Waals surface area contributed by atoms with E-state index in [4.69, 9.17) is 9.47 Å². The summed E-state index contributed by atoms with van der Waals surface area (Å²) in [5.74, 6) is 0.923. The van der Waals surface area contributed by atoms with Gasteiger partial charge in [-0.05, 0) is 66.2 Å². The minimum atomic E-state index is -0.769. The summed E-state index contributed by atoms with van der Waals surface area (Å²) < 4.78 is 25.0. The zero-order valence-corrected chi connectivity index (χ0v) is 21.8. The number of aliphatic hydroxyl groups is 1. The number of aliphatic hydroxyl groups excluding tert-OH is 1. The van der Waals surface area contributed by atoms with Crippen molar-refractivity contribution in [2.75, 3.05) is 39.4 Å². The fourth-order valence-electron chi connectivity index (χ4n) is 4.50. The molecule has 1 aromatic heterocycles. The van der Waals surface area contributed by atoms with Crippen molar-refractivity contribution in [2.24, 2.45) is 0 Å². The van der Waals surface area contributed by atoms with E-state index < -0.39 is 6.10 Å². The number of aryl methyl sites for hydroxylation is 1. The summed E-state index contributed by atoms with van der Waals surface area (Å²) in [6.07, 6.45) is 1.75. The van der Waals surface area contributed by atoms with E-state index in [0.717, 1.165) is 23.3 Å². The Balaban J connectivity index is 1.39. The number of carbonyl (C=O) groups excluding carboxylic acids is 1. The van der Waals surface area contributed by atoms with Crippen molar-refractivity contribution in [2.45, 2.75) is 25.5 Å². The fraction of sp³-hybridized carbons (Fsp3) is 0.345. The third-order valence-corrected chi connectivity index (χ3v) is 7.37. The van der Waals surface area contributed by atoms with Crippen molar-refractivity contribution in [1.29, 1.82) is 0 Å². The van der Waals surface area contributed by atoms with Crippen LogP contribution < -0.4 is 9.47 Å². The first-order chi connectivity index (χ1) is 17.9. The van der Waals surface area contributed by atoms with Gasteiger partial charge >= 0.3 is 0 Å². The van der Waals surface area contributed by atoms with Gasteiger partial charge in [-0.2, -0.15) is 0 Å². The van der Waals surface area contributed by atoms with Crippen molar-refractivity contribution >= 4 is 17.2 Å². The molecule has 0 aliphatic carbocycles. The Hall–Kier alpha value is -3.20. The van der Waals surface area contributed by atoms with Crippen LogP contribution in [0.5, 0.6) is 11.5 Å². The van der Waals surface area contributed by atoms with Crippen LogP contribution in [0, 0.1) is 12.7 Å². The van der Waals surface area contributed by atoms with Gasteiger partial charge in [-0.15, -0.1) is 17.9 Å². The standard InChI is InChI=1S/C29H33FN2O4S/c1-3-14-31(17-23(33)19-36-27-7-5-4-6-21(27)2)18-29(34)32-15-12-28-25(13-16-37-28)26(32)20-35-24-10-8-22(30)9-11-24/h3-11,13,16,23,26,33H,1,12,14-15,17-20H2,2H3/t23-,26+/m0/s1. The molecule has 0 unspecified atom stereocenters. The molecule has 0 bridgehead atoms. The number of thiophene rings is 1. The molecule has 1 amide bonds. The second-order valence-corrected chi connectivity index (χ2v) is 10.1. The molecule has 0 spiro atoms. The van der Waals surface area contributed by atoms with Crippen molar-refractivity contribution in [3.63, 3.8) is 0 Å². The molecule has 196 valence electrons. The third kappa shape index (κ3) is 7.19. The van der Waals surface area contributed by atoms with Crippen LogP contribution in [0.25, 0.3) is 0 Å². The molecule has 4 rings (SSSR count). The van der Waals surface area contributed by atoms with Gasteiger partial charge in [0.15, 0.2) is 0 Å². The topological polar surface area (TPSA) is 62.2 Å². The van der Waals surface area contributed by atoms with Crippen molar-refractivity contribution in [3.8, 4) is 11.5 Å². The lowest BCUT2D eigenvalue weighted by molar-refractivity contribution is -0.136. The Kier molecular flexibility index (Phi) is 9.33. The second-order valence-electron chi connectivity index (χ2n) is 9.13. The van der Waals surface area contributed by atoms with E-state index in [2.05, 4.69) is 6.58 Å². The summed E-state index contributed by atoms with van der Waals surface area (Å²) >= 11 is 1.69. The second kappa shape index (κ2) is 12.9. The molecule has 8 heteroatoms. The lowest BCUT2D eigenvalue weighted by Crippen LogP contribution is -2.48. The summed E-state index contributed by atoms with van der Waals surface area (Å²) in [5.41, 5.74) is 2.09. The average Bonchev–Trinajstić information content (AvgIpc) is 3.37. The summed E-state index contributed by atoms with van der Waals surface area (Å²) in [4.78, 5) is 18.5. The molecule has 2 aromatic carbocycles. The molecule has 1 aliphatic heterocycles. The highest BCUT2D eigenvalue weighted by Crippen LogP contribution is 2.34. The zero-order valence-electron chi connectivity index (χ0n) is 21.0. The highest BCUT2D eigenvalue weighted by atomic mass is 32.1. The number of amides is 1. The van der Waals surface area contributed by atoms with Gasteiger partial charge < -0.3 is 19.5 Å². The van der Waals surface area contributed by atoms with Gasteiger partial charge in [-0.3, -0.25) is 9.69 Å². The predicted octanol–water partition coefficient (Wildman–Crippen LogP) is 4.63. The highest BCUT2D eigenvalue weighted by Gasteiger charge is 2.33. The first kappa shape index (κ1) is 26.9. The maximum absolute atomic E-state index is 13.5. The minimum Gasteiger partial charge on any atom is -0.491 e. The van der Waals surface area contributed by atoms with E-state index in [1.807, 2.05) is 52.4 Å². The predicted molar refractivity (Wildman–Crippen MR) is 144 cm³/mol. The van der Waals surface area contributed by atoms with Gasteiger partial charge in [0, 0.05) is 24.5 Å². The summed E-state index contributed by atoms with van der Waals surface area (Å²) in [6.45, 7) is 7.63. The molecular weight excluding hydrogens is 491 g/mol. The van der Waals surface area contributed by atoms with Crippen molar-refractivity contribution in [1.82, 2.24) is 9.80 Å². The quantitative estimate of drug-likeness (QED) is 0.350. The molecule has 0 radical (unpaired) electrons. The van der Waals surface area contributed by atoms with E-state index in [-0.39, 0.29) is 44.1 Å². The Labute approximate surface area is 221 Å². The molecule has 37 heavy (non-hydrogen) atoms. The number of nitrogens with zero attached hydrogens (tertiary/aromatic N) is 2. The van der Waals surface area contributed by atoms with Crippen molar-refractivity contribution in [3.05, 3.63) is 94.5 Å². The third-order valence-electron chi connectivity index (χ3n) is 6.38. The number of ether oxygens (including phenoxy) is 2. The van der Waals surface area contributed by atoms with Crippen LogP contribution in [0.3, 0.4) is 0 Å². The van der Waals surface area contributed by atoms with Gasteiger partial charge in [0.2, 0.25) is 5.91 Å². The van der Waals surface area contributed by atoms with Gasteiger partial charge in [0.05, 0.1) is 12.6 Å². The van der Waals surface area contributed by atoms with Gasteiger partial charge in [-0.1, -0.05) is 24.3 Å². The van der Waals surface area contributed by atoms with Crippen LogP contribution in [0.4, 0.5) is 4.39 Å². The SMILES string of the molecule is C=CCN(CC(=O)N1CCc2sccc2[C@H]1COc1ccc(F)cc1)C[C@H](O)COc1ccccc1C. The number of hydrogen-bond donors (Lipinski definition) is 1. The first-order valence-corrected chi connectivity index (χ1v) is 13.3. The summed E-state index contributed by atoms with van der Waals surface area (Å²) in [7, 11) is 0. The number of halogens is 1. The zero-order chi connectivity index (χ0) is 26.2. The average molecular weight is 525 g/mol. The highest BCUT2D eigenvalue weighted by molar-refractivity contribution is 7.10. The van der Waals surface area contributed by atoms with E-state index in [0.29, 0.717) is 18.8 Å². The molecule has 0 saturated heterocycles. The van der Waals surface area contributed by atoms with Crippen LogP contribution >= 0.6 is 11.3 Å². The largest absolute Gasteiger partial charge is 0.491 e. The normalized spacial score (nSPS) is 15.8. The number of fused-ring (bicyclic) bond motifs is 1. The van der Waals surface area contributed by atoms with Crippen molar-refractivity contribution < 1.29 is 23.8 Å². The Morgan fingerprint density at radius 2 is 2.03 bits per heavy atom. The van der Waals surface area contributed by atoms with E-state index in [1.165, 1.54) is 17.0 Å². The lowest BCUT2D eigenvalue weighted by atomic mass is 10.0. The van der Waals surface area contributed by atoms with Crippen LogP contribution in [0.15, 0.2) is 72.6 Å². The Morgan fingerprint density at radius 1 is 1.24 bits per heavy atom. The molecule has 3 aromatic rings. The molecule has 1 aliphatic rings. The van der Waals surface area contributed by atoms with Gasteiger partial charge in [-0.25, -0.2) is 4.39 Å². The van der Waals surface area contributed by atoms with Crippen LogP contribution in [0.2, 0.25) is 0 Å². The fourth-order valence-corrected chi connectivity index (χ4v) is 5.43. The van der Waals surface area contributed by atoms with Crippen LogP contribution in [0.1, 0.15) is 22.0 Å². The maximum atomic E-state index is 13.5. The summed E-state index contributed by atoms with van der Waals surface area (Å²) in [5, 5.41) is 12.7. The molecule has 2 atom stereocenters. The van der Waals surface area contributed by atoms with Gasteiger partial charge in [0.1, 0.15) is 36.6 Å². The molecule has 0 saturated carbocycles. The molecule has 6 nitrogen and oxygen atoms in total. The monoisotopic (exact) mass is 524 g/mol.